The minimum absolute atomic E-state index is 0.0144. The van der Waals surface area contributed by atoms with Crippen LogP contribution in [-0.2, 0) is 9.53 Å². The van der Waals surface area contributed by atoms with Gasteiger partial charge in [-0.3, -0.25) is 9.69 Å². The Balaban J connectivity index is 2.15. The highest BCUT2D eigenvalue weighted by Gasteiger charge is 2.12. The second-order valence-corrected chi connectivity index (χ2v) is 3.09. The van der Waals surface area contributed by atoms with E-state index in [-0.39, 0.29) is 6.10 Å². The molecule has 1 aliphatic rings. The molecule has 1 saturated heterocycles. The molecule has 1 N–H and O–H groups in total. The Morgan fingerprint density at radius 1 is 1.58 bits per heavy atom. The van der Waals surface area contributed by atoms with Crippen LogP contribution < -0.4 is 5.32 Å². The quantitative estimate of drug-likeness (QED) is 0.578. The molecule has 0 aliphatic carbocycles. The molecule has 1 heterocycles. The van der Waals surface area contributed by atoms with E-state index in [1.807, 2.05) is 6.92 Å². The number of piperazine rings is 1. The van der Waals surface area contributed by atoms with Crippen LogP contribution in [0.5, 0.6) is 0 Å². The largest absolute Gasteiger partial charge is 0.464 e. The summed E-state index contributed by atoms with van der Waals surface area (Å²) in [6.07, 6.45) is 0.0144. The van der Waals surface area contributed by atoms with Gasteiger partial charge >= 0.3 is 0 Å². The third kappa shape index (κ3) is 3.19. The van der Waals surface area contributed by atoms with Gasteiger partial charge in [-0.1, -0.05) is 0 Å². The minimum atomic E-state index is 0.0144. The van der Waals surface area contributed by atoms with Crippen molar-refractivity contribution in [1.29, 1.82) is 0 Å². The summed E-state index contributed by atoms with van der Waals surface area (Å²) < 4.78 is 4.80. The molecule has 70 valence electrons. The molecule has 1 atom stereocenters. The predicted molar refractivity (Wildman–Crippen MR) is 45.9 cm³/mol. The van der Waals surface area contributed by atoms with E-state index < -0.39 is 0 Å². The zero-order valence-electron chi connectivity index (χ0n) is 7.45. The molecule has 0 aromatic carbocycles. The summed E-state index contributed by atoms with van der Waals surface area (Å²) in [5.41, 5.74) is 0. The molecule has 0 amide bonds. The number of carbonyl (C=O) groups is 1. The molecule has 4 heteroatoms. The highest BCUT2D eigenvalue weighted by atomic mass is 16.5. The highest BCUT2D eigenvalue weighted by molar-refractivity contribution is 5.37. The van der Waals surface area contributed by atoms with Crippen molar-refractivity contribution < 1.29 is 9.53 Å². The molecule has 0 aromatic heterocycles. The van der Waals surface area contributed by atoms with Gasteiger partial charge in [-0.2, -0.15) is 0 Å². The summed E-state index contributed by atoms with van der Waals surface area (Å²) in [6, 6.07) is 0. The van der Waals surface area contributed by atoms with E-state index in [0.29, 0.717) is 6.47 Å². The van der Waals surface area contributed by atoms with Gasteiger partial charge in [0, 0.05) is 32.7 Å². The van der Waals surface area contributed by atoms with Crippen molar-refractivity contribution >= 4 is 6.47 Å². The predicted octanol–water partition coefficient (Wildman–Crippen LogP) is -0.547. The zero-order chi connectivity index (χ0) is 8.81. The van der Waals surface area contributed by atoms with Crippen LogP contribution in [0.1, 0.15) is 6.92 Å². The van der Waals surface area contributed by atoms with Crippen molar-refractivity contribution in [2.24, 2.45) is 0 Å². The molecule has 0 aromatic rings. The third-order valence-corrected chi connectivity index (χ3v) is 2.01. The molecule has 1 fully saturated rings. The Hall–Kier alpha value is -0.610. The Labute approximate surface area is 72.9 Å². The number of hydrogen-bond donors (Lipinski definition) is 1. The molecule has 0 saturated carbocycles. The maximum Gasteiger partial charge on any atom is 0.293 e. The smallest absolute Gasteiger partial charge is 0.293 e. The average molecular weight is 172 g/mol. The van der Waals surface area contributed by atoms with Gasteiger partial charge in [-0.25, -0.2) is 0 Å². The van der Waals surface area contributed by atoms with Crippen molar-refractivity contribution in [2.75, 3.05) is 32.7 Å². The summed E-state index contributed by atoms with van der Waals surface area (Å²) >= 11 is 0. The van der Waals surface area contributed by atoms with Gasteiger partial charge in [0.05, 0.1) is 0 Å². The Morgan fingerprint density at radius 2 is 2.25 bits per heavy atom. The fraction of sp³-hybridized carbons (Fsp3) is 0.875. The second kappa shape index (κ2) is 5.11. The fourth-order valence-corrected chi connectivity index (χ4v) is 1.40. The van der Waals surface area contributed by atoms with Crippen LogP contribution in [0.2, 0.25) is 0 Å². The molecular weight excluding hydrogens is 156 g/mol. The maximum atomic E-state index is 10.0. The van der Waals surface area contributed by atoms with E-state index in [2.05, 4.69) is 10.2 Å². The van der Waals surface area contributed by atoms with Gasteiger partial charge in [0.25, 0.3) is 6.47 Å². The van der Waals surface area contributed by atoms with Crippen molar-refractivity contribution in [3.63, 3.8) is 0 Å². The summed E-state index contributed by atoms with van der Waals surface area (Å²) in [7, 11) is 0. The monoisotopic (exact) mass is 172 g/mol. The van der Waals surface area contributed by atoms with Gasteiger partial charge in [0.15, 0.2) is 0 Å². The van der Waals surface area contributed by atoms with Crippen molar-refractivity contribution in [1.82, 2.24) is 10.2 Å². The molecule has 1 rings (SSSR count). The first-order chi connectivity index (χ1) is 5.83. The topological polar surface area (TPSA) is 41.6 Å². The fourth-order valence-electron chi connectivity index (χ4n) is 1.40. The normalized spacial score (nSPS) is 21.8. The molecule has 12 heavy (non-hydrogen) atoms. The van der Waals surface area contributed by atoms with Crippen LogP contribution in [0.15, 0.2) is 0 Å². The van der Waals surface area contributed by atoms with E-state index in [9.17, 15) is 4.79 Å². The van der Waals surface area contributed by atoms with Crippen LogP contribution in [0.4, 0.5) is 0 Å². The first-order valence-electron chi connectivity index (χ1n) is 4.35. The second-order valence-electron chi connectivity index (χ2n) is 3.09. The lowest BCUT2D eigenvalue weighted by molar-refractivity contribution is -0.133. The Kier molecular flexibility index (Phi) is 4.04. The van der Waals surface area contributed by atoms with E-state index in [1.165, 1.54) is 0 Å². The van der Waals surface area contributed by atoms with Crippen molar-refractivity contribution in [2.45, 2.75) is 13.0 Å². The van der Waals surface area contributed by atoms with Gasteiger partial charge in [0.2, 0.25) is 0 Å². The zero-order valence-corrected chi connectivity index (χ0v) is 7.45. The molecule has 0 bridgehead atoms. The number of ether oxygens (including phenoxy) is 1. The lowest BCUT2D eigenvalue weighted by Crippen LogP contribution is -2.46. The highest BCUT2D eigenvalue weighted by Crippen LogP contribution is 1.96. The number of rotatable bonds is 4. The molecule has 1 unspecified atom stereocenters. The molecular formula is C8H16N2O2. The summed E-state index contributed by atoms with van der Waals surface area (Å²) in [4.78, 5) is 12.3. The number of hydrogen-bond acceptors (Lipinski definition) is 4. The van der Waals surface area contributed by atoms with E-state index in [0.717, 1.165) is 32.7 Å². The van der Waals surface area contributed by atoms with Crippen LogP contribution in [0.3, 0.4) is 0 Å². The molecule has 1 aliphatic heterocycles. The Bertz CT molecular complexity index is 135. The Morgan fingerprint density at radius 3 is 2.83 bits per heavy atom. The lowest BCUT2D eigenvalue weighted by atomic mass is 10.3. The third-order valence-electron chi connectivity index (χ3n) is 2.01. The number of carbonyl (C=O) groups excluding carboxylic acids is 1. The van der Waals surface area contributed by atoms with E-state index in [4.69, 9.17) is 4.74 Å². The van der Waals surface area contributed by atoms with Gasteiger partial charge in [-0.15, -0.1) is 0 Å². The van der Waals surface area contributed by atoms with Crippen LogP contribution >= 0.6 is 0 Å². The van der Waals surface area contributed by atoms with Crippen LogP contribution in [0, 0.1) is 0 Å². The van der Waals surface area contributed by atoms with Gasteiger partial charge < -0.3 is 10.1 Å². The number of nitrogens with one attached hydrogen (secondary N) is 1. The maximum absolute atomic E-state index is 10.0. The molecule has 0 radical (unpaired) electrons. The molecule has 0 spiro atoms. The first kappa shape index (κ1) is 9.48. The van der Waals surface area contributed by atoms with Crippen molar-refractivity contribution in [3.8, 4) is 0 Å². The average Bonchev–Trinajstić information content (AvgIpc) is 2.06. The van der Waals surface area contributed by atoms with Crippen molar-refractivity contribution in [3.05, 3.63) is 0 Å². The van der Waals surface area contributed by atoms with E-state index >= 15 is 0 Å². The standard InChI is InChI=1S/C8H16N2O2/c1-8(12-7-11)6-10-4-2-9-3-5-10/h7-9H,2-6H2,1H3. The summed E-state index contributed by atoms with van der Waals surface area (Å²) in [5.74, 6) is 0. The van der Waals surface area contributed by atoms with Crippen LogP contribution in [0.25, 0.3) is 0 Å². The summed E-state index contributed by atoms with van der Waals surface area (Å²) in [5, 5.41) is 3.27. The van der Waals surface area contributed by atoms with E-state index in [1.54, 1.807) is 0 Å². The van der Waals surface area contributed by atoms with Crippen LogP contribution in [-0.4, -0.2) is 50.2 Å². The summed E-state index contributed by atoms with van der Waals surface area (Å²) in [6.45, 7) is 7.45. The van der Waals surface area contributed by atoms with Gasteiger partial charge in [0.1, 0.15) is 6.10 Å². The van der Waals surface area contributed by atoms with Gasteiger partial charge in [-0.05, 0) is 6.92 Å². The number of nitrogens with zero attached hydrogens (tertiary/aromatic N) is 1. The SMILES string of the molecule is CC(CN1CCNCC1)OC=O. The lowest BCUT2D eigenvalue weighted by Gasteiger charge is -2.28. The minimum Gasteiger partial charge on any atom is -0.464 e. The molecule has 4 nitrogen and oxygen atoms in total. The first-order valence-corrected chi connectivity index (χ1v) is 4.35.